The third-order valence-corrected chi connectivity index (χ3v) is 7.87. The summed E-state index contributed by atoms with van der Waals surface area (Å²) in [6, 6.07) is 0. The van der Waals surface area contributed by atoms with Crippen molar-refractivity contribution in [2.45, 2.75) is 72.1 Å². The van der Waals surface area contributed by atoms with Gasteiger partial charge in [-0.05, 0) is 74.5 Å². The first-order chi connectivity index (χ1) is 11.3. The highest BCUT2D eigenvalue weighted by Crippen LogP contribution is 2.64. The van der Waals surface area contributed by atoms with Crippen LogP contribution in [0.2, 0.25) is 0 Å². The van der Waals surface area contributed by atoms with E-state index in [1.54, 1.807) is 5.57 Å². The lowest BCUT2D eigenvalue weighted by atomic mass is 9.45. The molecule has 0 amide bonds. The number of methoxy groups -OCH3 is 1. The highest BCUT2D eigenvalue weighted by Gasteiger charge is 2.58. The maximum atomic E-state index is 12.6. The van der Waals surface area contributed by atoms with Gasteiger partial charge in [-0.2, -0.15) is 0 Å². The largest absolute Gasteiger partial charge is 0.469 e. The van der Waals surface area contributed by atoms with Gasteiger partial charge in [0.1, 0.15) is 0 Å². The molecule has 24 heavy (non-hydrogen) atoms. The Morgan fingerprint density at radius 2 is 2.04 bits per heavy atom. The summed E-state index contributed by atoms with van der Waals surface area (Å²) in [7, 11) is 1.53. The number of fused-ring (bicyclic) bond motifs is 3. The minimum Gasteiger partial charge on any atom is -0.469 e. The van der Waals surface area contributed by atoms with Gasteiger partial charge in [-0.25, -0.2) is 0 Å². The molecule has 3 rings (SSSR count). The molecule has 0 radical (unpaired) electrons. The van der Waals surface area contributed by atoms with Crippen LogP contribution in [-0.4, -0.2) is 24.8 Å². The second-order valence-corrected chi connectivity index (χ2v) is 9.39. The minimum absolute atomic E-state index is 0.0174. The molecule has 1 N–H and O–H groups in total. The van der Waals surface area contributed by atoms with Crippen LogP contribution in [0, 0.1) is 28.1 Å². The highest BCUT2D eigenvalue weighted by molar-refractivity contribution is 5.77. The van der Waals surface area contributed by atoms with Crippen LogP contribution < -0.4 is 0 Å². The van der Waals surface area contributed by atoms with E-state index < -0.39 is 0 Å². The zero-order valence-electron chi connectivity index (χ0n) is 15.9. The molecule has 2 saturated carbocycles. The van der Waals surface area contributed by atoms with E-state index in [0.29, 0.717) is 11.8 Å². The van der Waals surface area contributed by atoms with Crippen LogP contribution in [0.15, 0.2) is 11.6 Å². The van der Waals surface area contributed by atoms with Crippen LogP contribution in [0.1, 0.15) is 72.1 Å². The van der Waals surface area contributed by atoms with Gasteiger partial charge in [-0.3, -0.25) is 4.79 Å². The fraction of sp³-hybridized carbons (Fsp3) is 0.857. The molecule has 0 aliphatic heterocycles. The first-order valence-corrected chi connectivity index (χ1v) is 9.67. The molecule has 136 valence electrons. The Kier molecular flexibility index (Phi) is 4.61. The van der Waals surface area contributed by atoms with E-state index in [9.17, 15) is 9.90 Å². The summed E-state index contributed by atoms with van der Waals surface area (Å²) in [5, 5.41) is 9.40. The number of hydrogen-bond acceptors (Lipinski definition) is 3. The molecule has 0 bridgehead atoms. The van der Waals surface area contributed by atoms with Gasteiger partial charge in [-0.15, -0.1) is 0 Å². The van der Waals surface area contributed by atoms with Crippen molar-refractivity contribution in [3.05, 3.63) is 11.6 Å². The third kappa shape index (κ3) is 2.64. The zero-order valence-corrected chi connectivity index (χ0v) is 15.9. The Balaban J connectivity index is 1.92. The molecule has 5 atom stereocenters. The van der Waals surface area contributed by atoms with Crippen molar-refractivity contribution < 1.29 is 14.6 Å². The lowest BCUT2D eigenvalue weighted by Crippen LogP contribution is -2.54. The second kappa shape index (κ2) is 6.16. The lowest BCUT2D eigenvalue weighted by Gasteiger charge is -2.59. The Morgan fingerprint density at radius 1 is 1.29 bits per heavy atom. The summed E-state index contributed by atoms with van der Waals surface area (Å²) in [6.45, 7) is 7.19. The van der Waals surface area contributed by atoms with Gasteiger partial charge >= 0.3 is 5.97 Å². The average Bonchev–Trinajstić information content (AvgIpc) is 2.53. The average molecular weight is 335 g/mol. The minimum atomic E-state index is -0.338. The number of allylic oxidation sites excluding steroid dienone is 2. The van der Waals surface area contributed by atoms with Crippen molar-refractivity contribution in [2.24, 2.45) is 28.1 Å². The number of carbonyl (C=O) groups is 1. The highest BCUT2D eigenvalue weighted by atomic mass is 16.5. The van der Waals surface area contributed by atoms with Crippen LogP contribution in [0.4, 0.5) is 0 Å². The Morgan fingerprint density at radius 3 is 2.71 bits per heavy atom. The summed E-state index contributed by atoms with van der Waals surface area (Å²) < 4.78 is 5.20. The van der Waals surface area contributed by atoms with Gasteiger partial charge in [0.25, 0.3) is 0 Å². The molecule has 5 unspecified atom stereocenters. The summed E-state index contributed by atoms with van der Waals surface area (Å²) in [6.07, 6.45) is 11.2. The number of rotatable bonds is 3. The van der Waals surface area contributed by atoms with E-state index in [1.165, 1.54) is 26.4 Å². The first kappa shape index (κ1) is 18.0. The number of ether oxygens (including phenoxy) is 1. The van der Waals surface area contributed by atoms with Crippen LogP contribution in [-0.2, 0) is 9.53 Å². The summed E-state index contributed by atoms with van der Waals surface area (Å²) in [4.78, 5) is 12.6. The number of aliphatic hydroxyl groups is 1. The predicted molar refractivity (Wildman–Crippen MR) is 95.4 cm³/mol. The topological polar surface area (TPSA) is 46.5 Å². The Bertz CT molecular complexity index is 539. The molecule has 0 spiro atoms. The van der Waals surface area contributed by atoms with Crippen molar-refractivity contribution in [1.29, 1.82) is 0 Å². The van der Waals surface area contributed by atoms with Gasteiger partial charge in [0, 0.05) is 6.61 Å². The smallest absolute Gasteiger partial charge is 0.311 e. The predicted octanol–water partition coefficient (Wildman–Crippen LogP) is 4.49. The van der Waals surface area contributed by atoms with Crippen LogP contribution in [0.5, 0.6) is 0 Å². The number of carbonyl (C=O) groups excluding carboxylic acids is 1. The number of hydrogen-bond donors (Lipinski definition) is 1. The fourth-order valence-electron chi connectivity index (χ4n) is 6.44. The molecule has 0 heterocycles. The monoisotopic (exact) mass is 334 g/mol. The summed E-state index contributed by atoms with van der Waals surface area (Å²) in [5.41, 5.74) is 1.73. The molecule has 0 aromatic rings. The van der Waals surface area contributed by atoms with E-state index >= 15 is 0 Å². The first-order valence-electron chi connectivity index (χ1n) is 9.67. The molecular weight excluding hydrogens is 300 g/mol. The molecule has 0 saturated heterocycles. The van der Waals surface area contributed by atoms with Gasteiger partial charge < -0.3 is 9.84 Å². The molecule has 3 aliphatic rings. The van der Waals surface area contributed by atoms with Crippen molar-refractivity contribution >= 4 is 5.97 Å². The molecule has 3 heteroatoms. The number of aliphatic hydroxyl groups excluding tert-OH is 1. The molecule has 2 fully saturated rings. The zero-order chi connectivity index (χ0) is 17.6. The van der Waals surface area contributed by atoms with E-state index in [0.717, 1.165) is 32.1 Å². The standard InChI is InChI=1S/C21H34O3/c1-19(12-13-22)11-8-16-15(14-19)6-7-17-20(16,2)9-5-10-21(17,3)18(23)24-4/h6,16-17,22H,5,7-14H2,1-4H3. The van der Waals surface area contributed by atoms with Crippen LogP contribution in [0.25, 0.3) is 0 Å². The van der Waals surface area contributed by atoms with Gasteiger partial charge in [0.15, 0.2) is 0 Å². The van der Waals surface area contributed by atoms with Crippen molar-refractivity contribution in [3.8, 4) is 0 Å². The van der Waals surface area contributed by atoms with E-state index in [-0.39, 0.29) is 28.8 Å². The van der Waals surface area contributed by atoms with E-state index in [1.807, 2.05) is 0 Å². The Labute approximate surface area is 146 Å². The fourth-order valence-corrected chi connectivity index (χ4v) is 6.44. The van der Waals surface area contributed by atoms with Crippen molar-refractivity contribution in [3.63, 3.8) is 0 Å². The van der Waals surface area contributed by atoms with Crippen molar-refractivity contribution in [2.75, 3.05) is 13.7 Å². The quantitative estimate of drug-likeness (QED) is 0.611. The maximum Gasteiger partial charge on any atom is 0.311 e. The molecular formula is C21H34O3. The number of esters is 1. The lowest BCUT2D eigenvalue weighted by molar-refractivity contribution is -0.167. The molecule has 0 aromatic heterocycles. The second-order valence-electron chi connectivity index (χ2n) is 9.39. The maximum absolute atomic E-state index is 12.6. The van der Waals surface area contributed by atoms with Gasteiger partial charge in [0.2, 0.25) is 0 Å². The Hall–Kier alpha value is -0.830. The van der Waals surface area contributed by atoms with E-state index in [2.05, 4.69) is 26.8 Å². The summed E-state index contributed by atoms with van der Waals surface area (Å²) in [5.74, 6) is 0.977. The normalized spacial score (nSPS) is 45.0. The third-order valence-electron chi connectivity index (χ3n) is 7.87. The van der Waals surface area contributed by atoms with Gasteiger partial charge in [-0.1, -0.05) is 31.9 Å². The van der Waals surface area contributed by atoms with Crippen LogP contribution >= 0.6 is 0 Å². The van der Waals surface area contributed by atoms with Gasteiger partial charge in [0.05, 0.1) is 12.5 Å². The molecule has 0 aromatic carbocycles. The van der Waals surface area contributed by atoms with Crippen molar-refractivity contribution in [1.82, 2.24) is 0 Å². The van der Waals surface area contributed by atoms with E-state index in [4.69, 9.17) is 4.74 Å². The summed E-state index contributed by atoms with van der Waals surface area (Å²) >= 11 is 0. The molecule has 3 nitrogen and oxygen atoms in total. The molecule has 3 aliphatic carbocycles. The SMILES string of the molecule is COC(=O)C1(C)CCCC2(C)C3CCC(C)(CCO)CC3=CCC12. The van der Waals surface area contributed by atoms with Crippen LogP contribution in [0.3, 0.4) is 0 Å².